The maximum atomic E-state index is 5.89. The van der Waals surface area contributed by atoms with Gasteiger partial charge >= 0.3 is 0 Å². The van der Waals surface area contributed by atoms with Gasteiger partial charge in [0.2, 0.25) is 0 Å². The summed E-state index contributed by atoms with van der Waals surface area (Å²) in [6.07, 6.45) is 12.0. The Balaban J connectivity index is 1.57. The van der Waals surface area contributed by atoms with Crippen LogP contribution in [-0.4, -0.2) is 32.1 Å². The maximum Gasteiger partial charge on any atom is 0.159 e. The number of nitrogens with zero attached hydrogens (tertiary/aromatic N) is 4. The number of rotatable bonds is 4. The van der Waals surface area contributed by atoms with Crippen molar-refractivity contribution in [3.05, 3.63) is 18.0 Å². The lowest BCUT2D eigenvalue weighted by molar-refractivity contribution is -0.0126. The van der Waals surface area contributed by atoms with Crippen LogP contribution in [0.4, 0.5) is 5.69 Å². The first-order valence-corrected chi connectivity index (χ1v) is 9.14. The van der Waals surface area contributed by atoms with Crippen molar-refractivity contribution >= 4 is 22.4 Å². The van der Waals surface area contributed by atoms with Crippen LogP contribution in [-0.2, 0) is 11.4 Å². The van der Waals surface area contributed by atoms with Gasteiger partial charge in [0.25, 0.3) is 0 Å². The molecule has 5 rings (SSSR count). The van der Waals surface area contributed by atoms with Gasteiger partial charge in [0.15, 0.2) is 5.65 Å². The van der Waals surface area contributed by atoms with Crippen LogP contribution in [0.3, 0.4) is 0 Å². The molecule has 1 spiro atoms. The maximum absolute atomic E-state index is 5.89. The van der Waals surface area contributed by atoms with Gasteiger partial charge in [-0.15, -0.1) is 0 Å². The van der Waals surface area contributed by atoms with Gasteiger partial charge in [0.05, 0.1) is 23.0 Å². The molecule has 0 atom stereocenters. The molecule has 0 saturated heterocycles. The first-order valence-electron chi connectivity index (χ1n) is 9.14. The second kappa shape index (κ2) is 5.19. The van der Waals surface area contributed by atoms with Crippen LogP contribution in [0.2, 0.25) is 0 Å². The molecule has 0 amide bonds. The molecule has 6 heteroatoms. The summed E-state index contributed by atoms with van der Waals surface area (Å²) in [5.74, 6) is 0. The molecule has 3 heterocycles. The Morgan fingerprint density at radius 2 is 2.12 bits per heavy atom. The summed E-state index contributed by atoms with van der Waals surface area (Å²) in [5, 5.41) is 13.7. The number of aromatic nitrogens is 3. The van der Waals surface area contributed by atoms with Gasteiger partial charge in [-0.25, -0.2) is 9.67 Å². The van der Waals surface area contributed by atoms with E-state index in [0.29, 0.717) is 6.04 Å². The van der Waals surface area contributed by atoms with Crippen LogP contribution in [0.1, 0.15) is 57.4 Å². The van der Waals surface area contributed by atoms with Crippen LogP contribution in [0.25, 0.3) is 11.0 Å². The zero-order valence-electron chi connectivity index (χ0n) is 14.1. The fraction of sp³-hybridized carbons (Fsp3) is 0.611. The molecule has 0 aromatic carbocycles. The molecule has 1 aliphatic heterocycles. The SMILES string of the molecule is CCn1ncc2c(NC3CC3)c(C3=NOC4(CCCC4)C3)cnc21. The lowest BCUT2D eigenvalue weighted by atomic mass is 9.92. The van der Waals surface area contributed by atoms with E-state index in [1.54, 1.807) is 0 Å². The van der Waals surface area contributed by atoms with Crippen LogP contribution in [0.15, 0.2) is 17.5 Å². The third kappa shape index (κ3) is 2.19. The molecule has 24 heavy (non-hydrogen) atoms. The highest BCUT2D eigenvalue weighted by atomic mass is 16.7. The van der Waals surface area contributed by atoms with Crippen molar-refractivity contribution in [1.29, 1.82) is 0 Å². The average molecular weight is 325 g/mol. The van der Waals surface area contributed by atoms with Crippen molar-refractivity contribution in [2.75, 3.05) is 5.32 Å². The molecular weight excluding hydrogens is 302 g/mol. The number of pyridine rings is 1. The monoisotopic (exact) mass is 325 g/mol. The van der Waals surface area contributed by atoms with Gasteiger partial charge in [-0.1, -0.05) is 5.16 Å². The van der Waals surface area contributed by atoms with Crippen LogP contribution >= 0.6 is 0 Å². The lowest BCUT2D eigenvalue weighted by Gasteiger charge is -2.19. The van der Waals surface area contributed by atoms with Crippen molar-refractivity contribution in [3.63, 3.8) is 0 Å². The van der Waals surface area contributed by atoms with E-state index in [1.807, 2.05) is 17.1 Å². The van der Waals surface area contributed by atoms with Crippen molar-refractivity contribution in [2.45, 2.75) is 70.1 Å². The molecule has 2 aliphatic carbocycles. The third-order valence-electron chi connectivity index (χ3n) is 5.56. The van der Waals surface area contributed by atoms with E-state index in [9.17, 15) is 0 Å². The summed E-state index contributed by atoms with van der Waals surface area (Å²) in [5.41, 5.74) is 4.17. The largest absolute Gasteiger partial charge is 0.389 e. The predicted octanol–water partition coefficient (Wildman–Crippen LogP) is 3.46. The topological polar surface area (TPSA) is 64.3 Å². The number of hydrogen-bond acceptors (Lipinski definition) is 5. The molecule has 126 valence electrons. The second-order valence-corrected chi connectivity index (χ2v) is 7.36. The van der Waals surface area contributed by atoms with Gasteiger partial charge in [-0.2, -0.15) is 5.10 Å². The summed E-state index contributed by atoms with van der Waals surface area (Å²) < 4.78 is 1.95. The van der Waals surface area contributed by atoms with Gasteiger partial charge in [0.1, 0.15) is 5.60 Å². The number of fused-ring (bicyclic) bond motifs is 1. The summed E-state index contributed by atoms with van der Waals surface area (Å²) in [6, 6.07) is 0.572. The normalized spacial score (nSPS) is 22.1. The number of nitrogens with one attached hydrogen (secondary N) is 1. The molecule has 0 radical (unpaired) electrons. The zero-order chi connectivity index (χ0) is 16.1. The quantitative estimate of drug-likeness (QED) is 0.935. The summed E-state index contributed by atoms with van der Waals surface area (Å²) in [7, 11) is 0. The highest BCUT2D eigenvalue weighted by molar-refractivity contribution is 6.10. The Bertz CT molecular complexity index is 814. The smallest absolute Gasteiger partial charge is 0.159 e. The molecule has 2 saturated carbocycles. The fourth-order valence-electron chi connectivity index (χ4n) is 4.02. The molecule has 2 fully saturated rings. The molecule has 6 nitrogen and oxygen atoms in total. The number of anilines is 1. The van der Waals surface area contributed by atoms with Crippen molar-refractivity contribution in [1.82, 2.24) is 14.8 Å². The van der Waals surface area contributed by atoms with Gasteiger partial charge in [-0.05, 0) is 45.4 Å². The summed E-state index contributed by atoms with van der Waals surface area (Å²) >= 11 is 0. The summed E-state index contributed by atoms with van der Waals surface area (Å²) in [6.45, 7) is 2.92. The Labute approximate surface area is 141 Å². The van der Waals surface area contributed by atoms with Crippen LogP contribution in [0.5, 0.6) is 0 Å². The highest BCUT2D eigenvalue weighted by Gasteiger charge is 2.42. The van der Waals surface area contributed by atoms with E-state index in [-0.39, 0.29) is 5.60 Å². The fourth-order valence-corrected chi connectivity index (χ4v) is 4.02. The Hall–Kier alpha value is -2.11. The van der Waals surface area contributed by atoms with E-state index in [1.165, 1.54) is 25.7 Å². The van der Waals surface area contributed by atoms with E-state index in [4.69, 9.17) is 4.84 Å². The van der Waals surface area contributed by atoms with E-state index < -0.39 is 0 Å². The van der Waals surface area contributed by atoms with Crippen molar-refractivity contribution in [2.24, 2.45) is 5.16 Å². The van der Waals surface area contributed by atoms with Crippen LogP contribution < -0.4 is 5.32 Å². The molecule has 0 bridgehead atoms. The van der Waals surface area contributed by atoms with Crippen LogP contribution in [0, 0.1) is 0 Å². The average Bonchev–Trinajstić information content (AvgIpc) is 3.03. The van der Waals surface area contributed by atoms with Gasteiger partial charge in [0, 0.05) is 30.8 Å². The third-order valence-corrected chi connectivity index (χ3v) is 5.56. The van der Waals surface area contributed by atoms with E-state index in [2.05, 4.69) is 27.5 Å². The number of oxime groups is 1. The van der Waals surface area contributed by atoms with Gasteiger partial charge < -0.3 is 10.2 Å². The zero-order valence-corrected chi connectivity index (χ0v) is 14.1. The Morgan fingerprint density at radius 1 is 1.29 bits per heavy atom. The standard InChI is InChI=1S/C18H23N5O/c1-2-23-17-14(11-20-23)16(21-12-5-6-12)13(10-19-17)15-9-18(24-22-15)7-3-4-8-18/h10-12H,2-9H2,1H3,(H,19,21). The summed E-state index contributed by atoms with van der Waals surface area (Å²) in [4.78, 5) is 10.6. The van der Waals surface area contributed by atoms with E-state index in [0.717, 1.165) is 53.8 Å². The molecule has 1 N–H and O–H groups in total. The van der Waals surface area contributed by atoms with Gasteiger partial charge in [-0.3, -0.25) is 0 Å². The minimum absolute atomic E-state index is 0.0469. The molecule has 0 unspecified atom stereocenters. The van der Waals surface area contributed by atoms with E-state index >= 15 is 0 Å². The predicted molar refractivity (Wildman–Crippen MR) is 93.3 cm³/mol. The second-order valence-electron chi connectivity index (χ2n) is 7.36. The minimum atomic E-state index is -0.0469. The Morgan fingerprint density at radius 3 is 2.88 bits per heavy atom. The lowest BCUT2D eigenvalue weighted by Crippen LogP contribution is -2.24. The molecule has 3 aliphatic rings. The van der Waals surface area contributed by atoms with Crippen molar-refractivity contribution in [3.8, 4) is 0 Å². The van der Waals surface area contributed by atoms with Crippen molar-refractivity contribution < 1.29 is 4.84 Å². The number of hydrogen-bond donors (Lipinski definition) is 1. The minimum Gasteiger partial charge on any atom is -0.389 e. The first-order chi connectivity index (χ1) is 11.8. The molecule has 2 aromatic heterocycles. The first kappa shape index (κ1) is 14.3. The Kier molecular flexibility index (Phi) is 3.08. The number of aryl methyl sites for hydroxylation is 1. The molecular formula is C18H23N5O. The molecule has 2 aromatic rings. The highest BCUT2D eigenvalue weighted by Crippen LogP contribution is 2.42.